The number of nitrogens with one attached hydrogen (secondary N) is 1. The van der Waals surface area contributed by atoms with Crippen molar-refractivity contribution in [2.45, 2.75) is 31.6 Å². The number of carbonyl (C=O) groups is 2. The molecule has 19 heavy (non-hydrogen) atoms. The molecule has 6 heteroatoms. The molecule has 2 aliphatic rings. The van der Waals surface area contributed by atoms with Crippen molar-refractivity contribution in [3.63, 3.8) is 0 Å². The smallest absolute Gasteiger partial charge is 0.226 e. The zero-order valence-electron chi connectivity index (χ0n) is 10.2. The number of furan rings is 1. The first-order chi connectivity index (χ1) is 9.16. The number of rotatable bonds is 4. The summed E-state index contributed by atoms with van der Waals surface area (Å²) < 4.78 is 10.6. The van der Waals surface area contributed by atoms with Gasteiger partial charge in [-0.25, -0.2) is 0 Å². The standard InChI is InChI=1S/C13H15NO5/c15-12(14-6-7-2-1-5-18-7)10-8-3-4-9(19-8)11(10)13(16)17/h1-2,5,8-11H,3-4,6H2,(H,14,15)(H,16,17)/p-1/t8-,9+,10+,11+/m1/s1. The Morgan fingerprint density at radius 3 is 2.68 bits per heavy atom. The molecule has 4 atom stereocenters. The van der Waals surface area contributed by atoms with E-state index in [0.29, 0.717) is 12.2 Å². The summed E-state index contributed by atoms with van der Waals surface area (Å²) in [5, 5.41) is 13.8. The maximum atomic E-state index is 12.1. The van der Waals surface area contributed by atoms with Crippen LogP contribution in [0.1, 0.15) is 18.6 Å². The molecule has 0 spiro atoms. The highest BCUT2D eigenvalue weighted by molar-refractivity contribution is 5.85. The van der Waals surface area contributed by atoms with Crippen molar-refractivity contribution in [3.8, 4) is 0 Å². The first kappa shape index (κ1) is 12.2. The summed E-state index contributed by atoms with van der Waals surface area (Å²) in [6.07, 6.45) is 2.25. The fraction of sp³-hybridized carbons (Fsp3) is 0.538. The summed E-state index contributed by atoms with van der Waals surface area (Å²) in [4.78, 5) is 23.3. The van der Waals surface area contributed by atoms with E-state index in [-0.39, 0.29) is 24.7 Å². The molecule has 6 nitrogen and oxygen atoms in total. The number of carboxylic acid groups (broad SMARTS) is 1. The maximum absolute atomic E-state index is 12.1. The van der Waals surface area contributed by atoms with Crippen LogP contribution >= 0.6 is 0 Å². The summed E-state index contributed by atoms with van der Waals surface area (Å²) in [7, 11) is 0. The second-order valence-electron chi connectivity index (χ2n) is 4.96. The average molecular weight is 264 g/mol. The van der Waals surface area contributed by atoms with Crippen molar-refractivity contribution in [1.29, 1.82) is 0 Å². The lowest BCUT2D eigenvalue weighted by molar-refractivity contribution is -0.314. The molecular formula is C13H14NO5-. The summed E-state index contributed by atoms with van der Waals surface area (Å²) in [5.74, 6) is -2.38. The van der Waals surface area contributed by atoms with E-state index < -0.39 is 17.8 Å². The van der Waals surface area contributed by atoms with Gasteiger partial charge in [-0.05, 0) is 25.0 Å². The normalized spacial score (nSPS) is 32.4. The topological polar surface area (TPSA) is 91.6 Å². The van der Waals surface area contributed by atoms with Gasteiger partial charge in [0.2, 0.25) is 5.91 Å². The Bertz CT molecular complexity index is 483. The van der Waals surface area contributed by atoms with Crippen LogP contribution in [-0.2, 0) is 20.9 Å². The number of amides is 1. The Kier molecular flexibility index (Phi) is 3.02. The molecule has 102 valence electrons. The van der Waals surface area contributed by atoms with Gasteiger partial charge < -0.3 is 24.4 Å². The Morgan fingerprint density at radius 1 is 1.32 bits per heavy atom. The van der Waals surface area contributed by atoms with Gasteiger partial charge in [0.25, 0.3) is 0 Å². The molecule has 0 saturated carbocycles. The predicted molar refractivity (Wildman–Crippen MR) is 60.4 cm³/mol. The number of fused-ring (bicyclic) bond motifs is 2. The monoisotopic (exact) mass is 264 g/mol. The third kappa shape index (κ3) is 2.12. The summed E-state index contributed by atoms with van der Waals surface area (Å²) in [5.41, 5.74) is 0. The molecule has 2 fully saturated rings. The van der Waals surface area contributed by atoms with Gasteiger partial charge in [0, 0.05) is 11.9 Å². The van der Waals surface area contributed by atoms with Crippen LogP contribution in [0, 0.1) is 11.8 Å². The van der Waals surface area contributed by atoms with Crippen LogP contribution in [0.5, 0.6) is 0 Å². The molecule has 1 N–H and O–H groups in total. The Balaban J connectivity index is 1.66. The van der Waals surface area contributed by atoms with E-state index in [1.807, 2.05) is 0 Å². The van der Waals surface area contributed by atoms with Gasteiger partial charge in [-0.3, -0.25) is 4.79 Å². The molecule has 2 saturated heterocycles. The predicted octanol–water partition coefficient (Wildman–Crippen LogP) is -0.561. The highest BCUT2D eigenvalue weighted by atomic mass is 16.5. The number of hydrogen-bond acceptors (Lipinski definition) is 5. The lowest BCUT2D eigenvalue weighted by Crippen LogP contribution is -2.48. The van der Waals surface area contributed by atoms with E-state index >= 15 is 0 Å². The number of carboxylic acids is 1. The number of ether oxygens (including phenoxy) is 1. The molecule has 3 heterocycles. The largest absolute Gasteiger partial charge is 0.550 e. The van der Waals surface area contributed by atoms with E-state index in [2.05, 4.69) is 5.32 Å². The van der Waals surface area contributed by atoms with Gasteiger partial charge in [-0.1, -0.05) is 0 Å². The van der Waals surface area contributed by atoms with Crippen molar-refractivity contribution in [3.05, 3.63) is 24.2 Å². The number of carbonyl (C=O) groups excluding carboxylic acids is 2. The van der Waals surface area contributed by atoms with Crippen LogP contribution in [0.4, 0.5) is 0 Å². The second-order valence-corrected chi connectivity index (χ2v) is 4.96. The Hall–Kier alpha value is -1.82. The minimum atomic E-state index is -1.20. The lowest BCUT2D eigenvalue weighted by Gasteiger charge is -2.27. The van der Waals surface area contributed by atoms with Crippen LogP contribution in [0.2, 0.25) is 0 Å². The molecular weight excluding hydrogens is 250 g/mol. The van der Waals surface area contributed by atoms with Crippen LogP contribution in [-0.4, -0.2) is 24.1 Å². The maximum Gasteiger partial charge on any atom is 0.226 e. The molecule has 0 aromatic carbocycles. The highest BCUT2D eigenvalue weighted by Crippen LogP contribution is 2.43. The lowest BCUT2D eigenvalue weighted by atomic mass is 9.79. The highest BCUT2D eigenvalue weighted by Gasteiger charge is 2.52. The first-order valence-corrected chi connectivity index (χ1v) is 6.33. The van der Waals surface area contributed by atoms with Crippen LogP contribution < -0.4 is 10.4 Å². The Morgan fingerprint density at radius 2 is 2.05 bits per heavy atom. The molecule has 0 unspecified atom stereocenters. The van der Waals surface area contributed by atoms with Crippen molar-refractivity contribution in [1.82, 2.24) is 5.32 Å². The van der Waals surface area contributed by atoms with Crippen molar-refractivity contribution in [2.75, 3.05) is 0 Å². The van der Waals surface area contributed by atoms with E-state index in [1.54, 1.807) is 12.1 Å². The summed E-state index contributed by atoms with van der Waals surface area (Å²) in [6.45, 7) is 0.249. The van der Waals surface area contributed by atoms with Gasteiger partial charge in [0.1, 0.15) is 5.76 Å². The average Bonchev–Trinajstić information content (AvgIpc) is 3.10. The van der Waals surface area contributed by atoms with E-state index in [0.717, 1.165) is 6.42 Å². The van der Waals surface area contributed by atoms with E-state index in [1.165, 1.54) is 6.26 Å². The second kappa shape index (κ2) is 4.70. The first-order valence-electron chi connectivity index (χ1n) is 6.33. The molecule has 1 amide bonds. The van der Waals surface area contributed by atoms with Crippen molar-refractivity contribution < 1.29 is 23.8 Å². The third-order valence-electron chi connectivity index (χ3n) is 3.87. The fourth-order valence-electron chi connectivity index (χ4n) is 3.02. The quantitative estimate of drug-likeness (QED) is 0.787. The fourth-order valence-corrected chi connectivity index (χ4v) is 3.02. The molecule has 2 bridgehead atoms. The van der Waals surface area contributed by atoms with Crippen molar-refractivity contribution in [2.24, 2.45) is 11.8 Å². The van der Waals surface area contributed by atoms with Gasteiger partial charge in [-0.15, -0.1) is 0 Å². The SMILES string of the molecule is O=C([O-])[C@@H]1[C@@H](C(=O)NCc2ccco2)[C@H]2CC[C@@H]1O2. The van der Waals surface area contributed by atoms with Crippen LogP contribution in [0.25, 0.3) is 0 Å². The molecule has 1 aromatic rings. The summed E-state index contributed by atoms with van der Waals surface area (Å²) in [6, 6.07) is 3.47. The van der Waals surface area contributed by atoms with Gasteiger partial charge in [0.15, 0.2) is 0 Å². The zero-order chi connectivity index (χ0) is 13.4. The van der Waals surface area contributed by atoms with E-state index in [4.69, 9.17) is 9.15 Å². The van der Waals surface area contributed by atoms with Gasteiger partial charge in [0.05, 0.1) is 30.9 Å². The van der Waals surface area contributed by atoms with Gasteiger partial charge >= 0.3 is 0 Å². The van der Waals surface area contributed by atoms with Crippen molar-refractivity contribution >= 4 is 11.9 Å². The number of hydrogen-bond donors (Lipinski definition) is 1. The minimum absolute atomic E-state index is 0.249. The van der Waals surface area contributed by atoms with Crippen LogP contribution in [0.15, 0.2) is 22.8 Å². The zero-order valence-corrected chi connectivity index (χ0v) is 10.2. The molecule has 3 rings (SSSR count). The molecule has 0 aliphatic carbocycles. The molecule has 0 radical (unpaired) electrons. The molecule has 2 aliphatic heterocycles. The third-order valence-corrected chi connectivity index (χ3v) is 3.87. The Labute approximate surface area is 109 Å². The van der Waals surface area contributed by atoms with Gasteiger partial charge in [-0.2, -0.15) is 0 Å². The van der Waals surface area contributed by atoms with Crippen LogP contribution in [0.3, 0.4) is 0 Å². The van der Waals surface area contributed by atoms with E-state index in [9.17, 15) is 14.7 Å². The molecule has 1 aromatic heterocycles. The number of aliphatic carboxylic acids is 1. The minimum Gasteiger partial charge on any atom is -0.550 e. The summed E-state index contributed by atoms with van der Waals surface area (Å²) >= 11 is 0.